The van der Waals surface area contributed by atoms with Crippen molar-refractivity contribution in [3.8, 4) is 22.6 Å². The van der Waals surface area contributed by atoms with Gasteiger partial charge in [0.15, 0.2) is 5.58 Å². The van der Waals surface area contributed by atoms with Crippen LogP contribution < -0.4 is 0 Å². The number of halogens is 2. The summed E-state index contributed by atoms with van der Waals surface area (Å²) in [5.41, 5.74) is 4.74. The van der Waals surface area contributed by atoms with Gasteiger partial charge in [-0.25, -0.2) is 4.98 Å². The highest BCUT2D eigenvalue weighted by Crippen LogP contribution is 2.35. The Hall–Kier alpha value is -2.63. The maximum Gasteiger partial charge on any atom is 0.307 e. The predicted octanol–water partition coefficient (Wildman–Crippen LogP) is 6.20. The minimum Gasteiger partial charge on any atom is -0.481 e. The number of aliphatic carboxylic acids is 1. The molecule has 0 saturated carbocycles. The van der Waals surface area contributed by atoms with Crippen LogP contribution in [0.15, 0.2) is 69.6 Å². The Morgan fingerprint density at radius 1 is 1.04 bits per heavy atom. The molecule has 4 rings (SSSR count). The number of nitrogens with zero attached hydrogens (tertiary/aromatic N) is 1. The third-order valence-corrected chi connectivity index (χ3v) is 5.13. The van der Waals surface area contributed by atoms with Gasteiger partial charge in [-0.3, -0.25) is 4.79 Å². The van der Waals surface area contributed by atoms with Crippen molar-refractivity contribution in [1.82, 2.24) is 4.98 Å². The average molecular weight is 443 g/mol. The molecule has 0 saturated heterocycles. The topological polar surface area (TPSA) is 63.3 Å². The Morgan fingerprint density at radius 3 is 2.52 bits per heavy atom. The third-order valence-electron chi connectivity index (χ3n) is 4.19. The summed E-state index contributed by atoms with van der Waals surface area (Å²) < 4.78 is 6.73. The molecule has 4 aromatic rings. The van der Waals surface area contributed by atoms with E-state index in [0.717, 1.165) is 21.1 Å². The van der Waals surface area contributed by atoms with Crippen LogP contribution in [-0.2, 0) is 11.2 Å². The van der Waals surface area contributed by atoms with Gasteiger partial charge in [-0.1, -0.05) is 48.0 Å². The van der Waals surface area contributed by atoms with E-state index >= 15 is 0 Å². The van der Waals surface area contributed by atoms with E-state index in [1.807, 2.05) is 42.5 Å². The van der Waals surface area contributed by atoms with Crippen molar-refractivity contribution in [3.05, 3.63) is 75.7 Å². The Morgan fingerprint density at radius 2 is 1.81 bits per heavy atom. The minimum atomic E-state index is -0.927. The van der Waals surface area contributed by atoms with Crippen molar-refractivity contribution in [2.45, 2.75) is 6.42 Å². The molecule has 0 aliphatic heterocycles. The SMILES string of the molecule is O=C(O)Cc1ccc(-c2nc3cc(-c4ccccc4)cc(Br)c3o2)cc1Cl. The predicted molar refractivity (Wildman–Crippen MR) is 109 cm³/mol. The largest absolute Gasteiger partial charge is 0.481 e. The van der Waals surface area contributed by atoms with Crippen LogP contribution >= 0.6 is 27.5 Å². The first-order valence-electron chi connectivity index (χ1n) is 8.17. The number of carboxylic acids is 1. The van der Waals surface area contributed by atoms with Crippen molar-refractivity contribution in [2.24, 2.45) is 0 Å². The number of aromatic nitrogens is 1. The van der Waals surface area contributed by atoms with Gasteiger partial charge in [-0.2, -0.15) is 0 Å². The van der Waals surface area contributed by atoms with Crippen LogP contribution in [0.3, 0.4) is 0 Å². The van der Waals surface area contributed by atoms with Crippen LogP contribution in [0.1, 0.15) is 5.56 Å². The fourth-order valence-corrected chi connectivity index (χ4v) is 3.68. The number of hydrogen-bond donors (Lipinski definition) is 1. The maximum absolute atomic E-state index is 10.9. The Bertz CT molecular complexity index is 1160. The zero-order chi connectivity index (χ0) is 19.0. The van der Waals surface area contributed by atoms with Crippen LogP contribution in [0.5, 0.6) is 0 Å². The monoisotopic (exact) mass is 441 g/mol. The molecule has 6 heteroatoms. The normalized spacial score (nSPS) is 11.0. The van der Waals surface area contributed by atoms with Crippen LogP contribution in [-0.4, -0.2) is 16.1 Å². The molecular formula is C21H13BrClNO3. The minimum absolute atomic E-state index is 0.126. The highest BCUT2D eigenvalue weighted by atomic mass is 79.9. The summed E-state index contributed by atoms with van der Waals surface area (Å²) in [6.07, 6.45) is -0.126. The van der Waals surface area contributed by atoms with Gasteiger partial charge in [0.05, 0.1) is 10.9 Å². The summed E-state index contributed by atoms with van der Waals surface area (Å²) in [6.45, 7) is 0. The number of benzene rings is 3. The standard InChI is InChI=1S/C21H13BrClNO3/c22-16-8-15(12-4-2-1-3-5-12)10-18-20(16)27-21(24-18)14-7-6-13(11-19(25)26)17(23)9-14/h1-10H,11H2,(H,25,26). The van der Waals surface area contributed by atoms with E-state index in [-0.39, 0.29) is 6.42 Å². The first-order valence-corrected chi connectivity index (χ1v) is 9.34. The number of carbonyl (C=O) groups is 1. The lowest BCUT2D eigenvalue weighted by molar-refractivity contribution is -0.136. The lowest BCUT2D eigenvalue weighted by Gasteiger charge is -2.02. The van der Waals surface area contributed by atoms with Gasteiger partial charge in [0.2, 0.25) is 5.89 Å². The smallest absolute Gasteiger partial charge is 0.307 e. The van der Waals surface area contributed by atoms with Gasteiger partial charge >= 0.3 is 5.97 Å². The van der Waals surface area contributed by atoms with Crippen molar-refractivity contribution in [2.75, 3.05) is 0 Å². The zero-order valence-electron chi connectivity index (χ0n) is 13.9. The first kappa shape index (κ1) is 17.8. The molecule has 0 bridgehead atoms. The van der Waals surface area contributed by atoms with Gasteiger partial charge in [0, 0.05) is 10.6 Å². The van der Waals surface area contributed by atoms with Crippen LogP contribution in [0, 0.1) is 0 Å². The first-order chi connectivity index (χ1) is 13.0. The summed E-state index contributed by atoms with van der Waals surface area (Å²) in [5, 5.41) is 9.30. The Kier molecular flexibility index (Phi) is 4.72. The highest BCUT2D eigenvalue weighted by Gasteiger charge is 2.15. The Balaban J connectivity index is 1.77. The van der Waals surface area contributed by atoms with Crippen LogP contribution in [0.2, 0.25) is 5.02 Å². The van der Waals surface area contributed by atoms with Gasteiger partial charge in [0.1, 0.15) is 5.52 Å². The molecule has 0 spiro atoms. The second kappa shape index (κ2) is 7.18. The zero-order valence-corrected chi connectivity index (χ0v) is 16.3. The fourth-order valence-electron chi connectivity index (χ4n) is 2.90. The Labute approximate surface area is 168 Å². The molecular weight excluding hydrogens is 430 g/mol. The van der Waals surface area contributed by atoms with Crippen molar-refractivity contribution in [1.29, 1.82) is 0 Å². The fraction of sp³-hybridized carbons (Fsp3) is 0.0476. The van der Waals surface area contributed by atoms with Crippen molar-refractivity contribution < 1.29 is 14.3 Å². The van der Waals surface area contributed by atoms with E-state index in [1.54, 1.807) is 18.2 Å². The lowest BCUT2D eigenvalue weighted by atomic mass is 10.1. The second-order valence-electron chi connectivity index (χ2n) is 6.07. The van der Waals surface area contributed by atoms with Crippen molar-refractivity contribution in [3.63, 3.8) is 0 Å². The van der Waals surface area contributed by atoms with E-state index in [2.05, 4.69) is 20.9 Å². The maximum atomic E-state index is 10.9. The molecule has 3 aromatic carbocycles. The molecule has 4 nitrogen and oxygen atoms in total. The molecule has 0 aliphatic carbocycles. The average Bonchev–Trinajstić information content (AvgIpc) is 3.08. The van der Waals surface area contributed by atoms with Gasteiger partial charge in [0.25, 0.3) is 0 Å². The summed E-state index contributed by atoms with van der Waals surface area (Å²) >= 11 is 9.78. The molecule has 0 amide bonds. The number of carboxylic acid groups (broad SMARTS) is 1. The van der Waals surface area contributed by atoms with Gasteiger partial charge < -0.3 is 9.52 Å². The molecule has 1 N–H and O–H groups in total. The van der Waals surface area contributed by atoms with E-state index in [4.69, 9.17) is 21.1 Å². The summed E-state index contributed by atoms with van der Waals surface area (Å²) in [7, 11) is 0. The molecule has 0 aliphatic rings. The van der Waals surface area contributed by atoms with E-state index in [1.165, 1.54) is 0 Å². The molecule has 0 radical (unpaired) electrons. The van der Waals surface area contributed by atoms with Crippen LogP contribution in [0.4, 0.5) is 0 Å². The number of hydrogen-bond acceptors (Lipinski definition) is 3. The van der Waals surface area contributed by atoms with E-state index in [0.29, 0.717) is 27.6 Å². The van der Waals surface area contributed by atoms with Crippen LogP contribution in [0.25, 0.3) is 33.7 Å². The quantitative estimate of drug-likeness (QED) is 0.408. The lowest BCUT2D eigenvalue weighted by Crippen LogP contribution is -2.00. The summed E-state index contributed by atoms with van der Waals surface area (Å²) in [5.74, 6) is -0.497. The molecule has 0 fully saturated rings. The van der Waals surface area contributed by atoms with Crippen molar-refractivity contribution >= 4 is 44.6 Å². The molecule has 0 unspecified atom stereocenters. The molecule has 27 heavy (non-hydrogen) atoms. The molecule has 1 aromatic heterocycles. The summed E-state index contributed by atoms with van der Waals surface area (Å²) in [4.78, 5) is 15.5. The number of oxazole rings is 1. The second-order valence-corrected chi connectivity index (χ2v) is 7.33. The molecule has 134 valence electrons. The number of rotatable bonds is 4. The summed E-state index contributed by atoms with van der Waals surface area (Å²) in [6, 6.07) is 19.1. The van der Waals surface area contributed by atoms with E-state index < -0.39 is 5.97 Å². The van der Waals surface area contributed by atoms with Gasteiger partial charge in [-0.05, 0) is 56.9 Å². The molecule has 1 heterocycles. The van der Waals surface area contributed by atoms with E-state index in [9.17, 15) is 4.79 Å². The number of fused-ring (bicyclic) bond motifs is 1. The molecule has 0 atom stereocenters. The van der Waals surface area contributed by atoms with Gasteiger partial charge in [-0.15, -0.1) is 0 Å². The third kappa shape index (κ3) is 3.61. The highest BCUT2D eigenvalue weighted by molar-refractivity contribution is 9.10.